The van der Waals surface area contributed by atoms with E-state index in [2.05, 4.69) is 20.6 Å². The zero-order chi connectivity index (χ0) is 36.8. The molecule has 14 nitrogen and oxygen atoms in total. The number of phenolic OH excluding ortho intramolecular Hbond substituents is 1. The molecule has 0 spiro atoms. The number of anilines is 1. The van der Waals surface area contributed by atoms with Crippen molar-refractivity contribution in [2.45, 2.75) is 70.6 Å². The number of likely N-dealkylation sites (tertiary alicyclic amines) is 2. The van der Waals surface area contributed by atoms with Crippen molar-refractivity contribution in [2.75, 3.05) is 77.9 Å². The highest BCUT2D eigenvalue weighted by molar-refractivity contribution is 5.91. The number of hydroxylamine groups is 1. The molecule has 2 aromatic rings. The number of fused-ring (bicyclic) bond motifs is 1. The number of aromatic hydroxyl groups is 1. The molecular weight excluding hydrogens is 666 g/mol. The number of carbonyl (C=O) groups excluding carboxylic acids is 4. The van der Waals surface area contributed by atoms with Gasteiger partial charge in [0.1, 0.15) is 5.75 Å². The molecule has 1 atom stereocenters. The number of para-hydroxylation sites is 1. The Labute approximate surface area is 305 Å². The van der Waals surface area contributed by atoms with Crippen LogP contribution in [0.2, 0.25) is 0 Å². The molecule has 0 aromatic heterocycles. The highest BCUT2D eigenvalue weighted by atomic mass is 16.6. The van der Waals surface area contributed by atoms with E-state index < -0.39 is 12.2 Å². The molecular formula is C38H53N7O7. The van der Waals surface area contributed by atoms with Crippen molar-refractivity contribution in [3.63, 3.8) is 0 Å². The zero-order valence-corrected chi connectivity index (χ0v) is 30.6. The van der Waals surface area contributed by atoms with Gasteiger partial charge in [-0.25, -0.2) is 15.1 Å². The largest absolute Gasteiger partial charge is 0.507 e. The van der Waals surface area contributed by atoms with E-state index in [0.29, 0.717) is 69.3 Å². The van der Waals surface area contributed by atoms with Crippen LogP contribution in [0, 0.1) is 13.8 Å². The molecule has 3 saturated heterocycles. The second kappa shape index (κ2) is 17.0. The second-order valence-corrected chi connectivity index (χ2v) is 14.5. The SMILES string of the molecule is CONC(=O)CN1CCN(C2CCN(C(=O)C(Cc3cc(C)c(O)c(C)c3)OC(=O)N3CCC(N4CCc5ccccc5NC4=O)CC3)CC2)CC1. The molecule has 2 aromatic carbocycles. The molecule has 14 heteroatoms. The van der Waals surface area contributed by atoms with Crippen molar-refractivity contribution in [1.29, 1.82) is 0 Å². The number of benzene rings is 2. The Kier molecular flexibility index (Phi) is 12.2. The quantitative estimate of drug-likeness (QED) is 0.333. The summed E-state index contributed by atoms with van der Waals surface area (Å²) in [5.74, 6) is -0.150. The number of ether oxygens (including phenoxy) is 1. The van der Waals surface area contributed by atoms with Gasteiger partial charge in [-0.3, -0.25) is 24.2 Å². The Balaban J connectivity index is 1.05. The number of hydrogen-bond donors (Lipinski definition) is 3. The Morgan fingerprint density at radius 1 is 0.885 bits per heavy atom. The number of nitrogens with one attached hydrogen (secondary N) is 2. The number of urea groups is 1. The molecule has 4 heterocycles. The van der Waals surface area contributed by atoms with Crippen LogP contribution >= 0.6 is 0 Å². The fourth-order valence-electron chi connectivity index (χ4n) is 8.14. The fourth-order valence-corrected chi connectivity index (χ4v) is 8.14. The van der Waals surface area contributed by atoms with Crippen LogP contribution in [-0.2, 0) is 32.0 Å². The van der Waals surface area contributed by atoms with E-state index in [1.54, 1.807) is 4.90 Å². The first kappa shape index (κ1) is 37.4. The molecule has 1 unspecified atom stereocenters. The number of phenols is 1. The molecule has 0 aliphatic carbocycles. The standard InChI is InChI=1S/C38H53N7O7/c1-26-22-28(23-27(2)35(26)47)24-33(36(48)43-13-9-30(10-14-43)42-20-18-41(19-21-42)25-34(46)40-51-3)52-38(50)44-15-11-31(12-16-44)45-17-8-29-6-4-5-7-32(29)39-37(45)49/h4-7,22-23,30-31,33,47H,8-21,24-25H2,1-3H3,(H,39,49)(H,40,46). The minimum atomic E-state index is -1.01. The first-order chi connectivity index (χ1) is 25.1. The molecule has 4 aliphatic heterocycles. The summed E-state index contributed by atoms with van der Waals surface area (Å²) in [6, 6.07) is 11.8. The van der Waals surface area contributed by atoms with Crippen LogP contribution in [0.3, 0.4) is 0 Å². The molecule has 6 rings (SSSR count). The first-order valence-corrected chi connectivity index (χ1v) is 18.6. The predicted molar refractivity (Wildman–Crippen MR) is 195 cm³/mol. The summed E-state index contributed by atoms with van der Waals surface area (Å²) in [5, 5.41) is 13.4. The average Bonchev–Trinajstić information content (AvgIpc) is 3.31. The molecule has 0 radical (unpaired) electrons. The Hall–Kier alpha value is -4.40. The van der Waals surface area contributed by atoms with E-state index in [9.17, 15) is 24.3 Å². The zero-order valence-electron chi connectivity index (χ0n) is 30.6. The summed E-state index contributed by atoms with van der Waals surface area (Å²) in [4.78, 5) is 67.5. The van der Waals surface area contributed by atoms with Crippen molar-refractivity contribution in [2.24, 2.45) is 0 Å². The monoisotopic (exact) mass is 719 g/mol. The van der Waals surface area contributed by atoms with Crippen LogP contribution in [-0.4, -0.2) is 144 Å². The summed E-state index contributed by atoms with van der Waals surface area (Å²) in [6.45, 7) is 9.82. The van der Waals surface area contributed by atoms with Crippen molar-refractivity contribution in [1.82, 2.24) is 30.0 Å². The van der Waals surface area contributed by atoms with Gasteiger partial charge in [0.25, 0.3) is 11.8 Å². The van der Waals surface area contributed by atoms with Gasteiger partial charge in [0, 0.05) is 83.1 Å². The number of piperidine rings is 2. The third kappa shape index (κ3) is 8.96. The predicted octanol–water partition coefficient (Wildman–Crippen LogP) is 2.90. The van der Waals surface area contributed by atoms with E-state index in [1.165, 1.54) is 7.11 Å². The lowest BCUT2D eigenvalue weighted by Gasteiger charge is -2.43. The summed E-state index contributed by atoms with van der Waals surface area (Å²) >= 11 is 0. The van der Waals surface area contributed by atoms with Crippen LogP contribution in [0.15, 0.2) is 36.4 Å². The molecule has 4 aliphatic rings. The molecule has 282 valence electrons. The van der Waals surface area contributed by atoms with Crippen LogP contribution in [0.5, 0.6) is 5.75 Å². The third-order valence-corrected chi connectivity index (χ3v) is 11.1. The number of nitrogens with zero attached hydrogens (tertiary/aromatic N) is 5. The van der Waals surface area contributed by atoms with Crippen molar-refractivity contribution >= 4 is 29.6 Å². The number of rotatable bonds is 9. The summed E-state index contributed by atoms with van der Waals surface area (Å²) in [7, 11) is 1.43. The van der Waals surface area contributed by atoms with Crippen molar-refractivity contribution in [3.05, 3.63) is 58.7 Å². The van der Waals surface area contributed by atoms with Crippen LogP contribution in [0.1, 0.15) is 47.9 Å². The number of aryl methyl sites for hydroxylation is 2. The molecule has 52 heavy (non-hydrogen) atoms. The van der Waals surface area contributed by atoms with Gasteiger partial charge in [-0.2, -0.15) is 0 Å². The molecule has 3 N–H and O–H groups in total. The fraction of sp³-hybridized carbons (Fsp3) is 0.579. The van der Waals surface area contributed by atoms with Gasteiger partial charge in [-0.05, 0) is 74.3 Å². The normalized spacial score (nSPS) is 20.1. The highest BCUT2D eigenvalue weighted by Crippen LogP contribution is 2.27. The lowest BCUT2D eigenvalue weighted by Crippen LogP contribution is -2.56. The van der Waals surface area contributed by atoms with Gasteiger partial charge in [0.2, 0.25) is 0 Å². The van der Waals surface area contributed by atoms with E-state index in [-0.39, 0.29) is 36.1 Å². The summed E-state index contributed by atoms with van der Waals surface area (Å²) in [5.41, 5.74) is 6.56. The summed E-state index contributed by atoms with van der Waals surface area (Å²) in [6.07, 6.45) is 2.31. The topological polar surface area (TPSA) is 147 Å². The molecule has 5 amide bonds. The number of hydrogen-bond acceptors (Lipinski definition) is 9. The van der Waals surface area contributed by atoms with Gasteiger partial charge >= 0.3 is 12.1 Å². The Morgan fingerprint density at radius 3 is 2.19 bits per heavy atom. The van der Waals surface area contributed by atoms with Gasteiger partial charge in [0.05, 0.1) is 13.7 Å². The maximum absolute atomic E-state index is 14.1. The lowest BCUT2D eigenvalue weighted by molar-refractivity contribution is -0.142. The average molecular weight is 720 g/mol. The molecule has 0 saturated carbocycles. The Bertz CT molecular complexity index is 1570. The first-order valence-electron chi connectivity index (χ1n) is 18.6. The minimum Gasteiger partial charge on any atom is -0.507 e. The van der Waals surface area contributed by atoms with Crippen molar-refractivity contribution < 1.29 is 33.9 Å². The van der Waals surface area contributed by atoms with Gasteiger partial charge in [-0.1, -0.05) is 30.3 Å². The minimum absolute atomic E-state index is 0.00170. The number of piperazine rings is 1. The highest BCUT2D eigenvalue weighted by Gasteiger charge is 2.37. The smallest absolute Gasteiger partial charge is 0.410 e. The van der Waals surface area contributed by atoms with Crippen LogP contribution < -0.4 is 10.8 Å². The summed E-state index contributed by atoms with van der Waals surface area (Å²) < 4.78 is 6.07. The number of carbonyl (C=O) groups is 4. The molecule has 3 fully saturated rings. The molecule has 0 bridgehead atoms. The lowest BCUT2D eigenvalue weighted by atomic mass is 9.98. The van der Waals surface area contributed by atoms with Gasteiger partial charge < -0.3 is 29.9 Å². The van der Waals surface area contributed by atoms with Gasteiger partial charge in [0.15, 0.2) is 6.10 Å². The van der Waals surface area contributed by atoms with E-state index in [1.807, 2.05) is 60.0 Å². The van der Waals surface area contributed by atoms with Crippen molar-refractivity contribution in [3.8, 4) is 5.75 Å². The van der Waals surface area contributed by atoms with E-state index >= 15 is 0 Å². The maximum atomic E-state index is 14.1. The van der Waals surface area contributed by atoms with Crippen LogP contribution in [0.25, 0.3) is 0 Å². The van der Waals surface area contributed by atoms with Gasteiger partial charge in [-0.15, -0.1) is 0 Å². The van der Waals surface area contributed by atoms with E-state index in [0.717, 1.165) is 62.3 Å². The van der Waals surface area contributed by atoms with E-state index in [4.69, 9.17) is 9.57 Å². The maximum Gasteiger partial charge on any atom is 0.410 e. The Morgan fingerprint density at radius 2 is 1.52 bits per heavy atom. The number of amides is 5. The van der Waals surface area contributed by atoms with Crippen LogP contribution in [0.4, 0.5) is 15.3 Å². The second-order valence-electron chi connectivity index (χ2n) is 14.5. The third-order valence-electron chi connectivity index (χ3n) is 11.1.